The summed E-state index contributed by atoms with van der Waals surface area (Å²) in [6.07, 6.45) is 0. The van der Waals surface area contributed by atoms with E-state index < -0.39 is 8.32 Å². The van der Waals surface area contributed by atoms with E-state index in [1.807, 2.05) is 0 Å². The maximum absolute atomic E-state index is 5.34. The maximum atomic E-state index is 5.34. The minimum atomic E-state index is -1.46. The molecule has 0 bridgehead atoms. The van der Waals surface area contributed by atoms with Gasteiger partial charge in [-0.15, -0.1) is 4.51 Å². The normalized spacial score (nSPS) is 13.7. The van der Waals surface area contributed by atoms with E-state index >= 15 is 0 Å². The molecule has 0 fully saturated rings. The highest BCUT2D eigenvalue weighted by Crippen LogP contribution is 2.03. The largest absolute Gasteiger partial charge is 0.534 e. The SMILES string of the molecule is C/C(=N/Cl)O[Si](C)(C)C. The molecule has 4 heteroatoms. The smallest absolute Gasteiger partial charge is 0.243 e. The summed E-state index contributed by atoms with van der Waals surface area (Å²) in [6, 6.07) is 0. The Bertz CT molecular complexity index is 119. The lowest BCUT2D eigenvalue weighted by molar-refractivity contribution is 0.550. The topological polar surface area (TPSA) is 21.6 Å². The highest BCUT2D eigenvalue weighted by atomic mass is 35.5. The molecule has 0 saturated carbocycles. The predicted octanol–water partition coefficient (Wildman–Crippen LogP) is 2.41. The Morgan fingerprint density at radius 3 is 2.00 bits per heavy atom. The Hall–Kier alpha value is -0.0231. The van der Waals surface area contributed by atoms with Gasteiger partial charge in [-0.1, -0.05) is 0 Å². The average Bonchev–Trinajstić information content (AvgIpc) is 1.62. The molecule has 0 unspecified atom stereocenters. The van der Waals surface area contributed by atoms with Crippen LogP contribution in [0.5, 0.6) is 0 Å². The number of halogens is 1. The molecule has 2 nitrogen and oxygen atoms in total. The summed E-state index contributed by atoms with van der Waals surface area (Å²) in [6.45, 7) is 8.00. The van der Waals surface area contributed by atoms with Crippen LogP contribution in [-0.2, 0) is 4.43 Å². The van der Waals surface area contributed by atoms with Gasteiger partial charge in [-0.2, -0.15) is 0 Å². The van der Waals surface area contributed by atoms with Crippen LogP contribution in [0.3, 0.4) is 0 Å². The van der Waals surface area contributed by atoms with E-state index in [4.69, 9.17) is 16.2 Å². The van der Waals surface area contributed by atoms with Gasteiger partial charge >= 0.3 is 0 Å². The Kier molecular flexibility index (Phi) is 3.21. The van der Waals surface area contributed by atoms with E-state index in [0.717, 1.165) is 0 Å². The molecule has 0 atom stereocenters. The van der Waals surface area contributed by atoms with Crippen LogP contribution in [0.2, 0.25) is 19.6 Å². The molecule has 54 valence electrons. The summed E-state index contributed by atoms with van der Waals surface area (Å²) < 4.78 is 8.72. The van der Waals surface area contributed by atoms with Crippen molar-refractivity contribution in [3.63, 3.8) is 0 Å². The maximum Gasteiger partial charge on any atom is 0.243 e. The summed E-state index contributed by atoms with van der Waals surface area (Å²) in [5, 5.41) is 0. The van der Waals surface area contributed by atoms with E-state index in [1.54, 1.807) is 6.92 Å². The van der Waals surface area contributed by atoms with Gasteiger partial charge in [-0.3, -0.25) is 0 Å². The van der Waals surface area contributed by atoms with Crippen LogP contribution < -0.4 is 0 Å². The fraction of sp³-hybridized carbons (Fsp3) is 0.800. The molecule has 0 aromatic rings. The van der Waals surface area contributed by atoms with Crippen molar-refractivity contribution in [1.29, 1.82) is 0 Å². The van der Waals surface area contributed by atoms with Gasteiger partial charge in [0.25, 0.3) is 0 Å². The Morgan fingerprint density at radius 1 is 1.44 bits per heavy atom. The molecule has 0 aromatic heterocycles. The molecule has 0 spiro atoms. The highest BCUT2D eigenvalue weighted by molar-refractivity contribution is 6.71. The Labute approximate surface area is 62.1 Å². The van der Waals surface area contributed by atoms with E-state index in [1.165, 1.54) is 0 Å². The first-order valence-electron chi connectivity index (χ1n) is 2.80. The van der Waals surface area contributed by atoms with Crippen molar-refractivity contribution >= 4 is 26.0 Å². The van der Waals surface area contributed by atoms with E-state index in [9.17, 15) is 0 Å². The van der Waals surface area contributed by atoms with Crippen LogP contribution in [0.15, 0.2) is 4.51 Å². The van der Waals surface area contributed by atoms with Crippen molar-refractivity contribution in [2.75, 3.05) is 0 Å². The molecule has 0 amide bonds. The van der Waals surface area contributed by atoms with E-state index in [2.05, 4.69) is 24.2 Å². The van der Waals surface area contributed by atoms with Crippen molar-refractivity contribution < 1.29 is 4.43 Å². The molecule has 0 radical (unpaired) electrons. The molecule has 0 N–H and O–H groups in total. The third kappa shape index (κ3) is 5.85. The van der Waals surface area contributed by atoms with Gasteiger partial charge in [0.1, 0.15) is 0 Å². The van der Waals surface area contributed by atoms with E-state index in [-0.39, 0.29) is 0 Å². The van der Waals surface area contributed by atoms with Gasteiger partial charge in [0.2, 0.25) is 8.32 Å². The average molecular weight is 166 g/mol. The molecule has 0 heterocycles. The predicted molar refractivity (Wildman–Crippen MR) is 43.4 cm³/mol. The van der Waals surface area contributed by atoms with Crippen LogP contribution >= 0.6 is 11.8 Å². The molecule has 0 aliphatic rings. The monoisotopic (exact) mass is 165 g/mol. The van der Waals surface area contributed by atoms with Gasteiger partial charge in [0.05, 0.1) is 0 Å². The first-order valence-corrected chi connectivity index (χ1v) is 6.55. The quantitative estimate of drug-likeness (QED) is 0.332. The highest BCUT2D eigenvalue weighted by Gasteiger charge is 2.15. The first-order chi connectivity index (χ1) is 3.95. The second kappa shape index (κ2) is 3.22. The molecule has 0 aliphatic heterocycles. The van der Waals surface area contributed by atoms with Gasteiger partial charge in [0.15, 0.2) is 5.90 Å². The standard InChI is InChI=1S/C5H12ClNOSi/c1-5(7-6)8-9(2,3)4/h1-4H3/b7-5-. The van der Waals surface area contributed by atoms with Crippen molar-refractivity contribution in [3.8, 4) is 0 Å². The molecular formula is C5H12ClNOSi. The number of hydrogen-bond donors (Lipinski definition) is 0. The van der Waals surface area contributed by atoms with Crippen LogP contribution in [0, 0.1) is 0 Å². The minimum Gasteiger partial charge on any atom is -0.534 e. The number of nitrogens with zero attached hydrogens (tertiary/aromatic N) is 1. The van der Waals surface area contributed by atoms with Gasteiger partial charge in [-0.25, -0.2) is 0 Å². The molecule has 0 saturated heterocycles. The summed E-state index contributed by atoms with van der Waals surface area (Å²) in [5.74, 6) is 0.566. The summed E-state index contributed by atoms with van der Waals surface area (Å²) in [7, 11) is -1.46. The van der Waals surface area contributed by atoms with Crippen LogP contribution in [-0.4, -0.2) is 14.2 Å². The molecule has 0 aliphatic carbocycles. The third-order valence-corrected chi connectivity index (χ3v) is 1.72. The van der Waals surface area contributed by atoms with Crippen molar-refractivity contribution in [1.82, 2.24) is 0 Å². The van der Waals surface area contributed by atoms with Gasteiger partial charge < -0.3 is 4.43 Å². The lowest BCUT2D eigenvalue weighted by Gasteiger charge is -2.17. The second-order valence-electron chi connectivity index (χ2n) is 2.82. The fourth-order valence-corrected chi connectivity index (χ4v) is 1.48. The van der Waals surface area contributed by atoms with Crippen LogP contribution in [0.4, 0.5) is 0 Å². The second-order valence-corrected chi connectivity index (χ2v) is 7.42. The van der Waals surface area contributed by atoms with Crippen LogP contribution in [0.25, 0.3) is 0 Å². The minimum absolute atomic E-state index is 0.566. The zero-order valence-electron chi connectivity index (χ0n) is 6.23. The number of rotatable bonds is 1. The fourth-order valence-electron chi connectivity index (χ4n) is 0.460. The first kappa shape index (κ1) is 8.98. The lowest BCUT2D eigenvalue weighted by atomic mass is 10.8. The molecule has 0 rings (SSSR count). The summed E-state index contributed by atoms with van der Waals surface area (Å²) >= 11 is 5.14. The number of hydrogen-bond acceptors (Lipinski definition) is 2. The van der Waals surface area contributed by atoms with Crippen molar-refractivity contribution in [2.45, 2.75) is 26.6 Å². The van der Waals surface area contributed by atoms with Crippen molar-refractivity contribution in [3.05, 3.63) is 0 Å². The zero-order valence-corrected chi connectivity index (χ0v) is 7.99. The van der Waals surface area contributed by atoms with Crippen molar-refractivity contribution in [2.24, 2.45) is 4.51 Å². The van der Waals surface area contributed by atoms with E-state index in [0.29, 0.717) is 5.90 Å². The molecule has 9 heavy (non-hydrogen) atoms. The van der Waals surface area contributed by atoms with Gasteiger partial charge in [-0.05, 0) is 19.6 Å². The third-order valence-electron chi connectivity index (χ3n) is 0.573. The Morgan fingerprint density at radius 2 is 1.89 bits per heavy atom. The lowest BCUT2D eigenvalue weighted by Crippen LogP contribution is -2.27. The van der Waals surface area contributed by atoms with Crippen LogP contribution in [0.1, 0.15) is 6.92 Å². The zero-order chi connectivity index (χ0) is 7.49. The summed E-state index contributed by atoms with van der Waals surface area (Å²) in [5.41, 5.74) is 0. The Balaban J connectivity index is 3.75. The molecule has 0 aromatic carbocycles. The van der Waals surface area contributed by atoms with Gasteiger partial charge in [0, 0.05) is 18.7 Å². The summed E-state index contributed by atoms with van der Waals surface area (Å²) in [4.78, 5) is 0. The molecular weight excluding hydrogens is 154 g/mol.